The molecule has 1 aromatic heterocycles. The van der Waals surface area contributed by atoms with Crippen molar-refractivity contribution in [3.05, 3.63) is 88.1 Å². The summed E-state index contributed by atoms with van der Waals surface area (Å²) < 4.78 is 41.2. The van der Waals surface area contributed by atoms with Crippen LogP contribution in [0.5, 0.6) is 5.75 Å². The fourth-order valence-corrected chi connectivity index (χ4v) is 4.83. The number of anilines is 1. The zero-order chi connectivity index (χ0) is 25.7. The molecule has 0 bridgehead atoms. The van der Waals surface area contributed by atoms with E-state index in [0.717, 1.165) is 11.6 Å². The summed E-state index contributed by atoms with van der Waals surface area (Å²) in [6, 6.07) is 17.4. The molecule has 0 aliphatic carbocycles. The third kappa shape index (κ3) is 5.67. The van der Waals surface area contributed by atoms with Crippen molar-refractivity contribution in [1.82, 2.24) is 4.98 Å². The molecule has 0 spiro atoms. The van der Waals surface area contributed by atoms with E-state index in [4.69, 9.17) is 13.7 Å². The molecule has 1 fully saturated rings. The van der Waals surface area contributed by atoms with Crippen LogP contribution >= 0.6 is 0 Å². The van der Waals surface area contributed by atoms with Crippen LogP contribution in [0, 0.1) is 10.1 Å². The molecule has 1 aliphatic heterocycles. The van der Waals surface area contributed by atoms with Crippen LogP contribution in [0.15, 0.2) is 71.6 Å². The van der Waals surface area contributed by atoms with Gasteiger partial charge in [0.15, 0.2) is 12.9 Å². The van der Waals surface area contributed by atoms with E-state index < -0.39 is 37.6 Å². The first kappa shape index (κ1) is 25.2. The van der Waals surface area contributed by atoms with Gasteiger partial charge >= 0.3 is 0 Å². The average molecular weight is 514 g/mol. The predicted molar refractivity (Wildman–Crippen MR) is 128 cm³/mol. The Balaban J connectivity index is 1.54. The summed E-state index contributed by atoms with van der Waals surface area (Å²) in [5.74, 6) is 0.249. The number of ether oxygens (including phenoxy) is 2. The van der Waals surface area contributed by atoms with Gasteiger partial charge in [0.1, 0.15) is 16.5 Å². The predicted octanol–water partition coefficient (Wildman–Crippen LogP) is 3.07. The largest absolute Gasteiger partial charge is 0.466 e. The van der Waals surface area contributed by atoms with Crippen molar-refractivity contribution >= 4 is 27.5 Å². The first-order chi connectivity index (χ1) is 17.3. The number of benzene rings is 2. The van der Waals surface area contributed by atoms with Crippen molar-refractivity contribution in [2.24, 2.45) is 0 Å². The van der Waals surface area contributed by atoms with Crippen molar-refractivity contribution < 1.29 is 31.8 Å². The maximum Gasteiger partial charge on any atom is 0.297 e. The van der Waals surface area contributed by atoms with Gasteiger partial charge in [-0.1, -0.05) is 36.4 Å². The molecule has 0 N–H and O–H groups in total. The van der Waals surface area contributed by atoms with Crippen LogP contribution in [-0.4, -0.2) is 50.8 Å². The minimum absolute atomic E-state index is 0.0247. The summed E-state index contributed by atoms with van der Waals surface area (Å²) in [4.78, 5) is 28.9. The van der Waals surface area contributed by atoms with Gasteiger partial charge in [-0.15, -0.1) is 0 Å². The molecule has 188 valence electrons. The van der Waals surface area contributed by atoms with Gasteiger partial charge in [0.25, 0.3) is 21.7 Å². The van der Waals surface area contributed by atoms with Gasteiger partial charge in [-0.05, 0) is 23.8 Å². The topological polar surface area (TPSA) is 138 Å². The van der Waals surface area contributed by atoms with Crippen molar-refractivity contribution in [2.45, 2.75) is 23.8 Å². The van der Waals surface area contributed by atoms with Crippen LogP contribution in [0.4, 0.5) is 11.5 Å². The highest BCUT2D eigenvalue weighted by Crippen LogP contribution is 2.29. The van der Waals surface area contributed by atoms with Gasteiger partial charge in [0.2, 0.25) is 0 Å². The van der Waals surface area contributed by atoms with E-state index >= 15 is 0 Å². The van der Waals surface area contributed by atoms with Crippen molar-refractivity contribution in [1.29, 1.82) is 0 Å². The lowest BCUT2D eigenvalue weighted by Crippen LogP contribution is -2.32. The fraction of sp³-hybridized carbons (Fsp3) is 0.250. The number of nitrogens with zero attached hydrogens (tertiary/aromatic N) is 3. The lowest BCUT2D eigenvalue weighted by atomic mass is 10.1. The number of carbonyl (C=O) groups excluding carboxylic acids is 1. The number of amides is 1. The third-order valence-electron chi connectivity index (χ3n) is 5.46. The highest BCUT2D eigenvalue weighted by molar-refractivity contribution is 7.86. The van der Waals surface area contributed by atoms with Crippen LogP contribution in [0.25, 0.3) is 0 Å². The maximum absolute atomic E-state index is 13.1. The Labute approximate surface area is 207 Å². The van der Waals surface area contributed by atoms with E-state index in [0.29, 0.717) is 23.7 Å². The molecule has 1 saturated heterocycles. The summed E-state index contributed by atoms with van der Waals surface area (Å²) in [6.07, 6.45) is -0.736. The first-order valence-corrected chi connectivity index (χ1v) is 12.3. The van der Waals surface area contributed by atoms with E-state index in [2.05, 4.69) is 4.98 Å². The van der Waals surface area contributed by atoms with Crippen molar-refractivity contribution in [3.63, 3.8) is 0 Å². The van der Waals surface area contributed by atoms with Crippen LogP contribution < -0.4 is 9.64 Å². The summed E-state index contributed by atoms with van der Waals surface area (Å²) in [6.45, 7) is 0.209. The minimum Gasteiger partial charge on any atom is -0.466 e. The number of hydrogen-bond acceptors (Lipinski definition) is 9. The number of rotatable bonds is 10. The smallest absolute Gasteiger partial charge is 0.297 e. The van der Waals surface area contributed by atoms with Crippen LogP contribution in [0.3, 0.4) is 0 Å². The SMILES string of the molecule is COCOc1ccc(N2CC[C@H](OS(=O)(=O)c3cccc([N+](=O)[O-])c3)C2=O)nc1Cc1ccccc1. The van der Waals surface area contributed by atoms with Crippen LogP contribution in [-0.2, 0) is 30.3 Å². The summed E-state index contributed by atoms with van der Waals surface area (Å²) >= 11 is 0. The van der Waals surface area contributed by atoms with Gasteiger partial charge in [-0.25, -0.2) is 4.98 Å². The molecule has 4 rings (SSSR count). The molecule has 1 amide bonds. The number of pyridine rings is 1. The van der Waals surface area contributed by atoms with E-state index in [9.17, 15) is 23.3 Å². The number of hydrogen-bond donors (Lipinski definition) is 0. The molecule has 2 aromatic carbocycles. The van der Waals surface area contributed by atoms with E-state index in [-0.39, 0.29) is 19.8 Å². The number of methoxy groups -OCH3 is 1. The second-order valence-corrected chi connectivity index (χ2v) is 9.47. The zero-order valence-corrected chi connectivity index (χ0v) is 20.1. The highest BCUT2D eigenvalue weighted by Gasteiger charge is 2.38. The standard InChI is InChI=1S/C24H23N3O8S/c1-33-16-34-21-10-11-23(25-20(21)14-17-6-3-2-4-7-17)26-13-12-22(24(26)28)35-36(31,32)19-9-5-8-18(15-19)27(29)30/h2-11,15,22H,12-14,16H2,1H3/t22-/m0/s1. The van der Waals surface area contributed by atoms with Crippen LogP contribution in [0.1, 0.15) is 17.7 Å². The monoisotopic (exact) mass is 513 g/mol. The fourth-order valence-electron chi connectivity index (χ4n) is 3.73. The zero-order valence-electron chi connectivity index (χ0n) is 19.3. The molecule has 1 atom stereocenters. The number of aromatic nitrogens is 1. The number of nitro benzene ring substituents is 1. The molecule has 0 radical (unpaired) electrons. The molecule has 1 aliphatic rings. The van der Waals surface area contributed by atoms with E-state index in [1.54, 1.807) is 12.1 Å². The van der Waals surface area contributed by atoms with Crippen LogP contribution in [0.2, 0.25) is 0 Å². The number of carbonyl (C=O) groups is 1. The van der Waals surface area contributed by atoms with Gasteiger partial charge in [0, 0.05) is 38.6 Å². The quantitative estimate of drug-likeness (QED) is 0.173. The first-order valence-electron chi connectivity index (χ1n) is 10.9. The van der Waals surface area contributed by atoms with Crippen molar-refractivity contribution in [3.8, 4) is 5.75 Å². The molecular formula is C24H23N3O8S. The second kappa shape index (κ2) is 10.8. The summed E-state index contributed by atoms with van der Waals surface area (Å²) in [7, 11) is -2.91. The summed E-state index contributed by atoms with van der Waals surface area (Å²) in [5, 5.41) is 11.0. The lowest BCUT2D eigenvalue weighted by molar-refractivity contribution is -0.385. The molecule has 0 saturated carbocycles. The molecule has 2 heterocycles. The summed E-state index contributed by atoms with van der Waals surface area (Å²) in [5.41, 5.74) is 1.17. The van der Waals surface area contributed by atoms with E-state index in [1.807, 2.05) is 30.3 Å². The average Bonchev–Trinajstić information content (AvgIpc) is 3.23. The lowest BCUT2D eigenvalue weighted by Gasteiger charge is -2.18. The molecule has 12 heteroatoms. The Morgan fingerprint density at radius 3 is 2.61 bits per heavy atom. The van der Waals surface area contributed by atoms with Gasteiger partial charge in [-0.2, -0.15) is 8.42 Å². The van der Waals surface area contributed by atoms with Crippen molar-refractivity contribution in [2.75, 3.05) is 25.3 Å². The maximum atomic E-state index is 13.1. The molecule has 0 unspecified atom stereocenters. The Kier molecular flexibility index (Phi) is 7.58. The third-order valence-corrected chi connectivity index (χ3v) is 6.77. The number of nitro groups is 1. The normalized spacial score (nSPS) is 15.8. The Bertz CT molecular complexity index is 1360. The molecule has 11 nitrogen and oxygen atoms in total. The Morgan fingerprint density at radius 2 is 1.89 bits per heavy atom. The van der Waals surface area contributed by atoms with E-state index in [1.165, 1.54) is 30.2 Å². The molecule has 36 heavy (non-hydrogen) atoms. The Hall–Kier alpha value is -3.87. The van der Waals surface area contributed by atoms with Gasteiger partial charge in [-0.3, -0.25) is 24.0 Å². The highest BCUT2D eigenvalue weighted by atomic mass is 32.2. The molecular weight excluding hydrogens is 490 g/mol. The second-order valence-electron chi connectivity index (χ2n) is 7.90. The number of non-ortho nitro benzene ring substituents is 1. The minimum atomic E-state index is -4.41. The Morgan fingerprint density at radius 1 is 1.11 bits per heavy atom. The molecule has 3 aromatic rings. The van der Waals surface area contributed by atoms with Gasteiger partial charge < -0.3 is 9.47 Å². The van der Waals surface area contributed by atoms with Gasteiger partial charge in [0.05, 0.1) is 10.6 Å².